The lowest BCUT2D eigenvalue weighted by molar-refractivity contribution is -0.122. The highest BCUT2D eigenvalue weighted by molar-refractivity contribution is 5.81. The molecule has 1 atom stereocenters. The SMILES string of the molecule is CC[C@@H](N)C(=O)NCc1ccc(OC(F)F)cc1. The first kappa shape index (κ1) is 14.4. The minimum atomic E-state index is -2.84. The van der Waals surface area contributed by atoms with Crippen molar-refractivity contribution in [3.63, 3.8) is 0 Å². The van der Waals surface area contributed by atoms with Crippen molar-refractivity contribution in [2.75, 3.05) is 0 Å². The highest BCUT2D eigenvalue weighted by atomic mass is 19.3. The Balaban J connectivity index is 2.46. The molecule has 4 nitrogen and oxygen atoms in total. The number of alkyl halides is 2. The van der Waals surface area contributed by atoms with Crippen molar-refractivity contribution in [1.29, 1.82) is 0 Å². The minimum Gasteiger partial charge on any atom is -0.435 e. The van der Waals surface area contributed by atoms with Gasteiger partial charge in [0.2, 0.25) is 5.91 Å². The van der Waals surface area contributed by atoms with Crippen LogP contribution in [0.15, 0.2) is 24.3 Å². The molecule has 0 aliphatic rings. The van der Waals surface area contributed by atoms with Crippen LogP contribution in [-0.4, -0.2) is 18.6 Å². The van der Waals surface area contributed by atoms with Crippen LogP contribution >= 0.6 is 0 Å². The number of ether oxygens (including phenoxy) is 1. The molecular weight excluding hydrogens is 242 g/mol. The van der Waals surface area contributed by atoms with Crippen molar-refractivity contribution in [2.24, 2.45) is 5.73 Å². The molecule has 0 fully saturated rings. The molecule has 0 saturated heterocycles. The molecule has 0 spiro atoms. The van der Waals surface area contributed by atoms with Crippen molar-refractivity contribution < 1.29 is 18.3 Å². The fourth-order valence-electron chi connectivity index (χ4n) is 1.29. The molecule has 1 amide bonds. The molecule has 1 rings (SSSR count). The average molecular weight is 258 g/mol. The Morgan fingerprint density at radius 3 is 2.50 bits per heavy atom. The van der Waals surface area contributed by atoms with E-state index >= 15 is 0 Å². The number of amides is 1. The van der Waals surface area contributed by atoms with E-state index in [-0.39, 0.29) is 11.7 Å². The lowest BCUT2D eigenvalue weighted by Crippen LogP contribution is -2.39. The van der Waals surface area contributed by atoms with Crippen molar-refractivity contribution in [3.8, 4) is 5.75 Å². The number of hydrogen-bond donors (Lipinski definition) is 2. The van der Waals surface area contributed by atoms with Gasteiger partial charge in [0, 0.05) is 6.54 Å². The molecule has 0 bridgehead atoms. The molecule has 0 radical (unpaired) electrons. The second-order valence-electron chi connectivity index (χ2n) is 3.75. The number of halogens is 2. The summed E-state index contributed by atoms with van der Waals surface area (Å²) in [4.78, 5) is 11.4. The maximum absolute atomic E-state index is 11.9. The molecule has 0 aliphatic carbocycles. The largest absolute Gasteiger partial charge is 0.435 e. The molecule has 0 unspecified atom stereocenters. The van der Waals surface area contributed by atoms with Crippen molar-refractivity contribution >= 4 is 5.91 Å². The highest BCUT2D eigenvalue weighted by Crippen LogP contribution is 2.14. The molecule has 1 aromatic carbocycles. The molecular formula is C12H16F2N2O2. The van der Waals surface area contributed by atoms with Gasteiger partial charge in [-0.25, -0.2) is 0 Å². The van der Waals surface area contributed by atoms with Gasteiger partial charge in [0.1, 0.15) is 5.75 Å². The number of carbonyl (C=O) groups excluding carboxylic acids is 1. The second-order valence-corrected chi connectivity index (χ2v) is 3.75. The summed E-state index contributed by atoms with van der Waals surface area (Å²) in [7, 11) is 0. The van der Waals surface area contributed by atoms with Crippen LogP contribution in [0.1, 0.15) is 18.9 Å². The average Bonchev–Trinajstić information content (AvgIpc) is 2.36. The summed E-state index contributed by atoms with van der Waals surface area (Å²) in [5.74, 6) is -0.143. The van der Waals surface area contributed by atoms with E-state index < -0.39 is 12.7 Å². The molecule has 3 N–H and O–H groups in total. The summed E-state index contributed by atoms with van der Waals surface area (Å²) < 4.78 is 28.0. The van der Waals surface area contributed by atoms with Crippen LogP contribution in [0.4, 0.5) is 8.78 Å². The zero-order chi connectivity index (χ0) is 13.5. The third-order valence-electron chi connectivity index (χ3n) is 2.39. The van der Waals surface area contributed by atoms with E-state index in [4.69, 9.17) is 5.73 Å². The molecule has 0 saturated carbocycles. The van der Waals surface area contributed by atoms with Crippen LogP contribution in [0, 0.1) is 0 Å². The van der Waals surface area contributed by atoms with E-state index in [1.54, 1.807) is 12.1 Å². The van der Waals surface area contributed by atoms with Gasteiger partial charge < -0.3 is 15.8 Å². The summed E-state index contributed by atoms with van der Waals surface area (Å²) in [6.07, 6.45) is 0.562. The number of carbonyl (C=O) groups is 1. The molecule has 6 heteroatoms. The van der Waals surface area contributed by atoms with Crippen LogP contribution in [0.3, 0.4) is 0 Å². The Morgan fingerprint density at radius 1 is 1.39 bits per heavy atom. The second kappa shape index (κ2) is 6.90. The van der Waals surface area contributed by atoms with Gasteiger partial charge in [-0.3, -0.25) is 4.79 Å². The van der Waals surface area contributed by atoms with Gasteiger partial charge in [0.05, 0.1) is 6.04 Å². The lowest BCUT2D eigenvalue weighted by atomic mass is 10.2. The third-order valence-corrected chi connectivity index (χ3v) is 2.39. The maximum Gasteiger partial charge on any atom is 0.387 e. The minimum absolute atomic E-state index is 0.0883. The number of hydrogen-bond acceptors (Lipinski definition) is 3. The summed E-state index contributed by atoms with van der Waals surface area (Å²) >= 11 is 0. The molecule has 100 valence electrons. The third kappa shape index (κ3) is 4.67. The van der Waals surface area contributed by atoms with E-state index in [1.165, 1.54) is 12.1 Å². The topological polar surface area (TPSA) is 64.4 Å². The Hall–Kier alpha value is -1.69. The van der Waals surface area contributed by atoms with Crippen LogP contribution in [0.25, 0.3) is 0 Å². The fraction of sp³-hybridized carbons (Fsp3) is 0.417. The molecule has 0 heterocycles. The lowest BCUT2D eigenvalue weighted by Gasteiger charge is -2.10. The zero-order valence-electron chi connectivity index (χ0n) is 10.0. The van der Waals surface area contributed by atoms with E-state index in [1.807, 2.05) is 6.92 Å². The zero-order valence-corrected chi connectivity index (χ0v) is 10.0. The number of nitrogens with one attached hydrogen (secondary N) is 1. The van der Waals surface area contributed by atoms with E-state index in [0.29, 0.717) is 13.0 Å². The van der Waals surface area contributed by atoms with Crippen molar-refractivity contribution in [1.82, 2.24) is 5.32 Å². The van der Waals surface area contributed by atoms with Gasteiger partial charge >= 0.3 is 6.61 Å². The molecule has 0 aliphatic heterocycles. The first-order chi connectivity index (χ1) is 8.52. The van der Waals surface area contributed by atoms with E-state index in [9.17, 15) is 13.6 Å². The number of benzene rings is 1. The van der Waals surface area contributed by atoms with Crippen molar-refractivity contribution in [2.45, 2.75) is 32.5 Å². The molecule has 0 aromatic heterocycles. The summed E-state index contributed by atoms with van der Waals surface area (Å²) in [5.41, 5.74) is 6.33. The van der Waals surface area contributed by atoms with E-state index in [2.05, 4.69) is 10.1 Å². The van der Waals surface area contributed by atoms with Crippen molar-refractivity contribution in [3.05, 3.63) is 29.8 Å². The Labute approximate surface area is 104 Å². The Kier molecular flexibility index (Phi) is 5.51. The maximum atomic E-state index is 11.9. The van der Waals surface area contributed by atoms with Crippen LogP contribution < -0.4 is 15.8 Å². The van der Waals surface area contributed by atoms with Gasteiger partial charge in [-0.2, -0.15) is 8.78 Å². The molecule has 18 heavy (non-hydrogen) atoms. The predicted octanol–water partition coefficient (Wildman–Crippen LogP) is 1.64. The van der Waals surface area contributed by atoms with Gasteiger partial charge in [0.15, 0.2) is 0 Å². The summed E-state index contributed by atoms with van der Waals surface area (Å²) in [6.45, 7) is -0.708. The smallest absolute Gasteiger partial charge is 0.387 e. The quantitative estimate of drug-likeness (QED) is 0.815. The van der Waals surface area contributed by atoms with Crippen LogP contribution in [-0.2, 0) is 11.3 Å². The van der Waals surface area contributed by atoms with Crippen LogP contribution in [0.2, 0.25) is 0 Å². The van der Waals surface area contributed by atoms with Gasteiger partial charge in [-0.15, -0.1) is 0 Å². The Bertz CT molecular complexity index is 382. The fourth-order valence-corrected chi connectivity index (χ4v) is 1.29. The predicted molar refractivity (Wildman–Crippen MR) is 63.2 cm³/mol. The Morgan fingerprint density at radius 2 is 2.00 bits per heavy atom. The van der Waals surface area contributed by atoms with E-state index in [0.717, 1.165) is 5.56 Å². The van der Waals surface area contributed by atoms with Gasteiger partial charge in [0.25, 0.3) is 0 Å². The summed E-state index contributed by atoms with van der Waals surface area (Å²) in [6, 6.07) is 5.54. The monoisotopic (exact) mass is 258 g/mol. The first-order valence-corrected chi connectivity index (χ1v) is 5.60. The summed E-state index contributed by atoms with van der Waals surface area (Å²) in [5, 5.41) is 2.66. The number of nitrogens with two attached hydrogens (primary N) is 1. The number of rotatable bonds is 6. The highest BCUT2D eigenvalue weighted by Gasteiger charge is 2.10. The van der Waals surface area contributed by atoms with Crippen LogP contribution in [0.5, 0.6) is 5.75 Å². The molecule has 1 aromatic rings. The van der Waals surface area contributed by atoms with Gasteiger partial charge in [-0.1, -0.05) is 19.1 Å². The first-order valence-electron chi connectivity index (χ1n) is 5.60. The normalized spacial score (nSPS) is 12.3. The standard InChI is InChI=1S/C12H16F2N2O2/c1-2-10(15)11(17)16-7-8-3-5-9(6-4-8)18-12(13)14/h3-6,10,12H,2,7,15H2,1H3,(H,16,17)/t10-/m1/s1. The van der Waals surface area contributed by atoms with Gasteiger partial charge in [-0.05, 0) is 24.1 Å².